The molecule has 1 amide bonds. The molecule has 3 heterocycles. The lowest BCUT2D eigenvalue weighted by Gasteiger charge is -2.37. The van der Waals surface area contributed by atoms with E-state index in [-0.39, 0.29) is 24.0 Å². The predicted molar refractivity (Wildman–Crippen MR) is 120 cm³/mol. The smallest absolute Gasteiger partial charge is 0.290 e. The van der Waals surface area contributed by atoms with Crippen molar-refractivity contribution in [3.05, 3.63) is 11.3 Å². The third-order valence-corrected chi connectivity index (χ3v) is 6.53. The molecule has 0 radical (unpaired) electrons. The van der Waals surface area contributed by atoms with Crippen LogP contribution in [0.25, 0.3) is 0 Å². The van der Waals surface area contributed by atoms with Crippen LogP contribution in [0.15, 0.2) is 0 Å². The highest BCUT2D eigenvalue weighted by Crippen LogP contribution is 2.44. The van der Waals surface area contributed by atoms with E-state index in [1.54, 1.807) is 0 Å². The minimum atomic E-state index is -2.90. The van der Waals surface area contributed by atoms with Gasteiger partial charge in [0.05, 0.1) is 6.54 Å². The molecule has 2 aliphatic heterocycles. The Labute approximate surface area is 188 Å². The van der Waals surface area contributed by atoms with Gasteiger partial charge in [0.25, 0.3) is 5.92 Å². The molecule has 10 heteroatoms. The number of rotatable bonds is 7. The second kappa shape index (κ2) is 9.82. The molecule has 2 N–H and O–H groups in total. The van der Waals surface area contributed by atoms with E-state index >= 15 is 0 Å². The van der Waals surface area contributed by atoms with Gasteiger partial charge in [-0.2, -0.15) is 13.8 Å². The monoisotopic (exact) mass is 451 g/mol. The highest BCUT2D eigenvalue weighted by atomic mass is 19.3. The Morgan fingerprint density at radius 1 is 1.12 bits per heavy atom. The number of anilines is 2. The fourth-order valence-electron chi connectivity index (χ4n) is 4.54. The van der Waals surface area contributed by atoms with Gasteiger partial charge in [-0.05, 0) is 18.8 Å². The minimum absolute atomic E-state index is 0.120. The van der Waals surface area contributed by atoms with E-state index in [0.717, 1.165) is 32.6 Å². The van der Waals surface area contributed by atoms with Crippen molar-refractivity contribution in [2.24, 2.45) is 5.92 Å². The first-order valence-electron chi connectivity index (χ1n) is 11.8. The third-order valence-electron chi connectivity index (χ3n) is 6.53. The van der Waals surface area contributed by atoms with Gasteiger partial charge in [-0.15, -0.1) is 0 Å². The van der Waals surface area contributed by atoms with Gasteiger partial charge in [0.15, 0.2) is 0 Å². The van der Waals surface area contributed by atoms with Gasteiger partial charge < -0.3 is 20.4 Å². The second-order valence-electron chi connectivity index (χ2n) is 9.41. The molecule has 0 aromatic carbocycles. The van der Waals surface area contributed by atoms with E-state index < -0.39 is 5.92 Å². The Balaban J connectivity index is 1.42. The Kier molecular flexibility index (Phi) is 7.09. The molecule has 0 bridgehead atoms. The predicted octanol–water partition coefficient (Wildman–Crippen LogP) is 1.53. The largest absolute Gasteiger partial charge is 0.354 e. The number of aromatic nitrogens is 2. The van der Waals surface area contributed by atoms with E-state index in [2.05, 4.69) is 44.2 Å². The zero-order chi connectivity index (χ0) is 22.7. The van der Waals surface area contributed by atoms with Crippen molar-refractivity contribution in [3.8, 4) is 0 Å². The number of hydrogen-bond acceptors (Lipinski definition) is 7. The zero-order valence-corrected chi connectivity index (χ0v) is 19.2. The molecule has 2 saturated heterocycles. The number of piperazine rings is 2. The van der Waals surface area contributed by atoms with Crippen molar-refractivity contribution in [2.75, 3.05) is 75.7 Å². The Hall–Kier alpha value is -2.07. The average Bonchev–Trinajstić information content (AvgIpc) is 3.09. The maximum Gasteiger partial charge on any atom is 0.290 e. The molecule has 0 unspecified atom stereocenters. The number of alkyl halides is 2. The van der Waals surface area contributed by atoms with Crippen LogP contribution in [0.2, 0.25) is 0 Å². The number of carbonyl (C=O) groups is 1. The van der Waals surface area contributed by atoms with Crippen LogP contribution in [0.3, 0.4) is 0 Å². The number of hydrogen-bond donors (Lipinski definition) is 2. The molecule has 178 valence electrons. The van der Waals surface area contributed by atoms with Crippen molar-refractivity contribution < 1.29 is 13.6 Å². The summed E-state index contributed by atoms with van der Waals surface area (Å²) in [6.07, 6.45) is 1.01. The quantitative estimate of drug-likeness (QED) is 0.651. The van der Waals surface area contributed by atoms with Gasteiger partial charge in [0.1, 0.15) is 11.5 Å². The Morgan fingerprint density at radius 3 is 2.53 bits per heavy atom. The topological polar surface area (TPSA) is 76.6 Å². The van der Waals surface area contributed by atoms with E-state index in [9.17, 15) is 13.6 Å². The highest BCUT2D eigenvalue weighted by Gasteiger charge is 2.44. The maximum atomic E-state index is 14.5. The molecule has 0 spiro atoms. The summed E-state index contributed by atoms with van der Waals surface area (Å²) in [7, 11) is 0. The molecular formula is C22H35F2N7O. The Bertz CT molecular complexity index is 806. The molecular weight excluding hydrogens is 416 g/mol. The van der Waals surface area contributed by atoms with E-state index in [1.165, 1.54) is 0 Å². The van der Waals surface area contributed by atoms with Gasteiger partial charge in [-0.1, -0.05) is 13.8 Å². The van der Waals surface area contributed by atoms with E-state index in [1.807, 2.05) is 4.90 Å². The minimum Gasteiger partial charge on any atom is -0.354 e. The normalized spacial score (nSPS) is 21.2. The second-order valence-corrected chi connectivity index (χ2v) is 9.41. The van der Waals surface area contributed by atoms with Crippen LogP contribution in [0, 0.1) is 5.92 Å². The van der Waals surface area contributed by atoms with Crippen LogP contribution >= 0.6 is 0 Å². The molecule has 3 aliphatic rings. The zero-order valence-electron chi connectivity index (χ0n) is 19.2. The lowest BCUT2D eigenvalue weighted by atomic mass is 10.1. The molecule has 0 saturated carbocycles. The van der Waals surface area contributed by atoms with Crippen molar-refractivity contribution in [1.82, 2.24) is 25.1 Å². The van der Waals surface area contributed by atoms with Gasteiger partial charge >= 0.3 is 0 Å². The molecule has 1 aromatic heterocycles. The summed E-state index contributed by atoms with van der Waals surface area (Å²) in [4.78, 5) is 27.6. The lowest BCUT2D eigenvalue weighted by molar-refractivity contribution is -0.133. The van der Waals surface area contributed by atoms with Crippen LogP contribution in [0.5, 0.6) is 0 Å². The summed E-state index contributed by atoms with van der Waals surface area (Å²) in [6, 6.07) is 0. The summed E-state index contributed by atoms with van der Waals surface area (Å²) in [6.45, 7) is 11.3. The number of nitrogens with one attached hydrogen (secondary N) is 2. The first kappa shape index (κ1) is 23.1. The standard InChI is InChI=1S/C22H35F2N7O/c1-16(2)4-6-26-21-27-19-17(3-5-22(19,23)24)20(28-21)31-13-11-29(12-14-31)15-18(32)30-9-7-25-8-10-30/h16,25H,3-15H2,1-2H3,(H,26,27,28). The number of carbonyl (C=O) groups excluding carboxylic acids is 1. The van der Waals surface area contributed by atoms with Gasteiger partial charge in [0.2, 0.25) is 11.9 Å². The van der Waals surface area contributed by atoms with E-state index in [0.29, 0.717) is 63.0 Å². The molecule has 4 rings (SSSR count). The number of nitrogens with zero attached hydrogens (tertiary/aromatic N) is 5. The number of fused-ring (bicyclic) bond motifs is 1. The van der Waals surface area contributed by atoms with Crippen LogP contribution in [0.4, 0.5) is 20.5 Å². The van der Waals surface area contributed by atoms with Crippen LogP contribution in [0.1, 0.15) is 37.9 Å². The average molecular weight is 452 g/mol. The third kappa shape index (κ3) is 5.28. The number of amides is 1. The van der Waals surface area contributed by atoms with Gasteiger partial charge in [-0.25, -0.2) is 4.98 Å². The first-order valence-corrected chi connectivity index (χ1v) is 11.8. The van der Waals surface area contributed by atoms with Gasteiger partial charge in [-0.3, -0.25) is 9.69 Å². The summed E-state index contributed by atoms with van der Waals surface area (Å²) < 4.78 is 29.0. The van der Waals surface area contributed by atoms with Crippen molar-refractivity contribution in [1.29, 1.82) is 0 Å². The number of halogens is 2. The molecule has 0 atom stereocenters. The van der Waals surface area contributed by atoms with E-state index in [4.69, 9.17) is 0 Å². The Morgan fingerprint density at radius 2 is 1.84 bits per heavy atom. The van der Waals surface area contributed by atoms with Gasteiger partial charge in [0, 0.05) is 70.9 Å². The van der Waals surface area contributed by atoms with Crippen LogP contribution < -0.4 is 15.5 Å². The maximum absolute atomic E-state index is 14.5. The first-order chi connectivity index (χ1) is 15.3. The van der Waals surface area contributed by atoms with Crippen LogP contribution in [-0.4, -0.2) is 91.1 Å². The van der Waals surface area contributed by atoms with Crippen molar-refractivity contribution in [3.63, 3.8) is 0 Å². The molecule has 32 heavy (non-hydrogen) atoms. The fraction of sp³-hybridized carbons (Fsp3) is 0.773. The molecule has 1 aromatic rings. The van der Waals surface area contributed by atoms with Crippen molar-refractivity contribution in [2.45, 2.75) is 39.0 Å². The van der Waals surface area contributed by atoms with Crippen molar-refractivity contribution >= 4 is 17.7 Å². The molecule has 8 nitrogen and oxygen atoms in total. The summed E-state index contributed by atoms with van der Waals surface area (Å²) >= 11 is 0. The summed E-state index contributed by atoms with van der Waals surface area (Å²) in [5.74, 6) is -1.31. The van der Waals surface area contributed by atoms with Crippen LogP contribution in [-0.2, 0) is 17.1 Å². The fourth-order valence-corrected chi connectivity index (χ4v) is 4.54. The summed E-state index contributed by atoms with van der Waals surface area (Å²) in [5.41, 5.74) is 0.459. The molecule has 1 aliphatic carbocycles. The lowest BCUT2D eigenvalue weighted by Crippen LogP contribution is -2.53. The summed E-state index contributed by atoms with van der Waals surface area (Å²) in [5, 5.41) is 6.41. The SMILES string of the molecule is CC(C)CCNc1nc(N2CCN(CC(=O)N3CCNCC3)CC2)c2c(n1)C(F)(F)CC2. The molecule has 2 fully saturated rings. The highest BCUT2D eigenvalue weighted by molar-refractivity contribution is 5.78.